The first kappa shape index (κ1) is 21.3. The monoisotopic (exact) mass is 290 g/mol. The maximum absolute atomic E-state index is 10.3. The molecule has 0 spiro atoms. The van der Waals surface area contributed by atoms with Crippen LogP contribution in [0.25, 0.3) is 0 Å². The predicted molar refractivity (Wildman–Crippen MR) is 64.6 cm³/mol. The van der Waals surface area contributed by atoms with Crippen molar-refractivity contribution in [3.05, 3.63) is 0 Å². The molecule has 0 aliphatic carbocycles. The van der Waals surface area contributed by atoms with Crippen LogP contribution < -0.4 is 5.73 Å². The molecule has 0 radical (unpaired) electrons. The van der Waals surface area contributed by atoms with Gasteiger partial charge in [-0.15, -0.1) is 12.4 Å². The highest BCUT2D eigenvalue weighted by Crippen LogP contribution is 1.88. The van der Waals surface area contributed by atoms with Gasteiger partial charge >= 0.3 is 11.9 Å². The van der Waals surface area contributed by atoms with Crippen LogP contribution in [0.15, 0.2) is 5.16 Å². The minimum Gasteiger partial charge on any atom is -0.465 e. The Labute approximate surface area is 110 Å². The third kappa shape index (κ3) is 14.9. The number of carbonyl (C=O) groups excluding carboxylic acids is 2. The second-order valence-electron chi connectivity index (χ2n) is 2.12. The molecule has 0 aromatic heterocycles. The highest BCUT2D eigenvalue weighted by Gasteiger charge is 2.07. The van der Waals surface area contributed by atoms with E-state index < -0.39 is 11.1 Å². The van der Waals surface area contributed by atoms with Gasteiger partial charge in [-0.1, -0.05) is 16.8 Å². The van der Waals surface area contributed by atoms with E-state index in [0.29, 0.717) is 6.61 Å². The van der Waals surface area contributed by atoms with Gasteiger partial charge in [0, 0.05) is 0 Å². The van der Waals surface area contributed by atoms with E-state index in [1.54, 1.807) is 13.8 Å². The van der Waals surface area contributed by atoms with Crippen LogP contribution in [0.1, 0.15) is 13.8 Å². The lowest BCUT2D eigenvalue weighted by Crippen LogP contribution is -2.16. The molecule has 0 unspecified atom stereocenters. The van der Waals surface area contributed by atoms with Gasteiger partial charge in [-0.3, -0.25) is 4.79 Å². The first-order valence-electron chi connectivity index (χ1n) is 4.43. The van der Waals surface area contributed by atoms with Gasteiger partial charge in [-0.25, -0.2) is 4.79 Å². The fraction of sp³-hybridized carbons (Fsp3) is 0.625. The number of hydrogen-bond donors (Lipinski definition) is 2. The molecule has 0 rings (SSSR count). The van der Waals surface area contributed by atoms with Gasteiger partial charge in [0.1, 0.15) is 0 Å². The van der Waals surface area contributed by atoms with Gasteiger partial charge in [0.05, 0.1) is 19.8 Å². The molecule has 102 valence electrons. The fourth-order valence-corrected chi connectivity index (χ4v) is 0.506. The summed E-state index contributed by atoms with van der Waals surface area (Å²) in [5, 5.41) is 9.74. The third-order valence-electron chi connectivity index (χ3n) is 1.00. The molecule has 0 amide bonds. The molecule has 17 heavy (non-hydrogen) atoms. The Kier molecular flexibility index (Phi) is 18.7. The van der Waals surface area contributed by atoms with E-state index >= 15 is 0 Å². The van der Waals surface area contributed by atoms with Crippen LogP contribution in [0.4, 0.5) is 0 Å². The average Bonchev–Trinajstić information content (AvgIpc) is 2.29. The number of ether oxygens (including phenoxy) is 2. The van der Waals surface area contributed by atoms with Gasteiger partial charge < -0.3 is 20.4 Å². The number of carbonyl (C=O) groups is 2. The molecule has 0 saturated carbocycles. The van der Waals surface area contributed by atoms with Crippen molar-refractivity contribution in [2.45, 2.75) is 13.8 Å². The number of esters is 2. The van der Waals surface area contributed by atoms with Crippen LogP contribution in [0.2, 0.25) is 0 Å². The molecule has 0 heterocycles. The fourth-order valence-electron chi connectivity index (χ4n) is 0.451. The highest BCUT2D eigenvalue weighted by molar-refractivity contribution is 6.81. The Morgan fingerprint density at radius 2 is 1.76 bits per heavy atom. The maximum atomic E-state index is 10.3. The summed E-state index contributed by atoms with van der Waals surface area (Å²) >= 11 is 5.02. The summed E-state index contributed by atoms with van der Waals surface area (Å²) in [6, 6.07) is 0. The first-order valence-corrected chi connectivity index (χ1v) is 4.81. The third-order valence-corrected chi connectivity index (χ3v) is 1.23. The van der Waals surface area contributed by atoms with Gasteiger partial charge in [-0.2, -0.15) is 0 Å². The van der Waals surface area contributed by atoms with Crippen LogP contribution in [0, 0.1) is 0 Å². The van der Waals surface area contributed by atoms with Crippen LogP contribution in [-0.4, -0.2) is 42.1 Å². The number of oxime groups is 1. The molecular formula is C8H16Cl2N2O5. The number of nitrogens with two attached hydrogens (primary N) is 1. The molecule has 0 aliphatic heterocycles. The van der Waals surface area contributed by atoms with Crippen molar-refractivity contribution in [3.8, 4) is 0 Å². The molecule has 9 heteroatoms. The maximum Gasteiger partial charge on any atom is 0.372 e. The summed E-state index contributed by atoms with van der Waals surface area (Å²) in [5.41, 5.74) is 4.88. The summed E-state index contributed by atoms with van der Waals surface area (Å²) in [4.78, 5) is 20.4. The van der Waals surface area contributed by atoms with Crippen molar-refractivity contribution >= 4 is 41.1 Å². The number of halogens is 2. The van der Waals surface area contributed by atoms with E-state index in [9.17, 15) is 9.59 Å². The van der Waals surface area contributed by atoms with Crippen molar-refractivity contribution in [2.24, 2.45) is 10.9 Å². The highest BCUT2D eigenvalue weighted by atomic mass is 35.5. The van der Waals surface area contributed by atoms with E-state index in [1.807, 2.05) is 0 Å². The zero-order valence-corrected chi connectivity index (χ0v) is 11.1. The molecule has 0 fully saturated rings. The largest absolute Gasteiger partial charge is 0.465 e. The molecule has 0 atom stereocenters. The van der Waals surface area contributed by atoms with E-state index in [-0.39, 0.29) is 31.5 Å². The Morgan fingerprint density at radius 1 is 1.29 bits per heavy atom. The standard InChI is InChI=1S/C4H6ClNO3.C4H9NO2.ClH/c1-2-9-4(7)3(5)6-8;1-2-7-4(6)3-5;/h8H,2H2,1H3;2-3,5H2,1H3;1H/b6-3-;;. The lowest BCUT2D eigenvalue weighted by Gasteiger charge is -1.94. The van der Waals surface area contributed by atoms with Crippen LogP contribution in [0.3, 0.4) is 0 Å². The Bertz CT molecular complexity index is 248. The SMILES string of the molecule is CCOC(=O)/C(Cl)=N/O.CCOC(=O)CN.Cl. The van der Waals surface area contributed by atoms with Crippen LogP contribution in [-0.2, 0) is 19.1 Å². The zero-order valence-electron chi connectivity index (χ0n) is 9.51. The molecular weight excluding hydrogens is 275 g/mol. The molecule has 3 N–H and O–H groups in total. The normalized spacial score (nSPS) is 9.29. The van der Waals surface area contributed by atoms with E-state index in [4.69, 9.17) is 22.5 Å². The molecule has 0 bridgehead atoms. The first-order chi connectivity index (χ1) is 7.53. The number of hydrogen-bond acceptors (Lipinski definition) is 7. The van der Waals surface area contributed by atoms with Gasteiger partial charge in [0.25, 0.3) is 5.17 Å². The number of rotatable bonds is 4. The summed E-state index contributed by atoms with van der Waals surface area (Å²) < 4.78 is 8.76. The number of nitrogens with zero attached hydrogens (tertiary/aromatic N) is 1. The topological polar surface area (TPSA) is 111 Å². The lowest BCUT2D eigenvalue weighted by molar-refractivity contribution is -0.141. The minimum atomic E-state index is -0.818. The van der Waals surface area contributed by atoms with Crippen molar-refractivity contribution in [1.29, 1.82) is 0 Å². The molecule has 0 aromatic rings. The second kappa shape index (κ2) is 14.9. The Hall–Kier alpha value is -1.05. The molecule has 0 saturated heterocycles. The van der Waals surface area contributed by atoms with Gasteiger partial charge in [0.2, 0.25) is 0 Å². The summed E-state index contributed by atoms with van der Waals surface area (Å²) in [6.45, 7) is 3.97. The van der Waals surface area contributed by atoms with E-state index in [0.717, 1.165) is 0 Å². The summed E-state index contributed by atoms with van der Waals surface area (Å²) in [7, 11) is 0. The molecule has 7 nitrogen and oxygen atoms in total. The Balaban J connectivity index is -0.000000224. The lowest BCUT2D eigenvalue weighted by atomic mass is 10.7. The summed E-state index contributed by atoms with van der Waals surface area (Å²) in [6.07, 6.45) is 0. The average molecular weight is 291 g/mol. The smallest absolute Gasteiger partial charge is 0.372 e. The van der Waals surface area contributed by atoms with Crippen molar-refractivity contribution in [3.63, 3.8) is 0 Å². The molecule has 0 aliphatic rings. The minimum absolute atomic E-state index is 0. The van der Waals surface area contributed by atoms with E-state index in [2.05, 4.69) is 14.6 Å². The quantitative estimate of drug-likeness (QED) is 0.338. The zero-order chi connectivity index (χ0) is 13.0. The predicted octanol–water partition coefficient (Wildman–Crippen LogP) is 0.506. The van der Waals surface area contributed by atoms with Crippen LogP contribution >= 0.6 is 24.0 Å². The van der Waals surface area contributed by atoms with Gasteiger partial charge in [0.15, 0.2) is 0 Å². The van der Waals surface area contributed by atoms with Crippen molar-refractivity contribution in [2.75, 3.05) is 19.8 Å². The van der Waals surface area contributed by atoms with Crippen LogP contribution in [0.5, 0.6) is 0 Å². The summed E-state index contributed by atoms with van der Waals surface area (Å²) in [5.74, 6) is -1.16. The van der Waals surface area contributed by atoms with Crippen molar-refractivity contribution < 1.29 is 24.3 Å². The molecule has 0 aromatic carbocycles. The Morgan fingerprint density at radius 3 is 2.00 bits per heavy atom. The van der Waals surface area contributed by atoms with E-state index in [1.165, 1.54) is 0 Å². The van der Waals surface area contributed by atoms with Gasteiger partial charge in [-0.05, 0) is 13.8 Å². The second-order valence-corrected chi connectivity index (χ2v) is 2.48. The van der Waals surface area contributed by atoms with Crippen molar-refractivity contribution in [1.82, 2.24) is 0 Å².